The minimum Gasteiger partial charge on any atom is -0.489 e. The van der Waals surface area contributed by atoms with Crippen molar-refractivity contribution in [1.29, 1.82) is 5.26 Å². The highest BCUT2D eigenvalue weighted by Gasteiger charge is 2.18. The van der Waals surface area contributed by atoms with Crippen LogP contribution in [0.3, 0.4) is 0 Å². The summed E-state index contributed by atoms with van der Waals surface area (Å²) in [7, 11) is 0. The molecule has 0 aliphatic rings. The average molecular weight is 597 g/mol. The van der Waals surface area contributed by atoms with E-state index in [9.17, 15) is 5.26 Å². The fraction of sp³-hybridized carbons (Fsp3) is 0.235. The summed E-state index contributed by atoms with van der Waals surface area (Å²) < 4.78 is 12.3. The number of rotatable bonds is 13. The van der Waals surface area contributed by atoms with Gasteiger partial charge in [0.1, 0.15) is 23.9 Å². The standard InChI is InChI=1S/C34H33ClN4O4/c1-22-14-23(19-37-10-12-40)8-9-31(22)42-21-24-4-2-5-26(15-24)27-6-3-7-28(29(27)18-36)34-39-33-30(35)16-25(17-32(33)43-34)20-38-11-13-41/h2-9,14-17,37-38,40-41H,10-13,19-21H2,1H3. The van der Waals surface area contributed by atoms with Gasteiger partial charge in [0.25, 0.3) is 0 Å². The molecule has 0 atom stereocenters. The van der Waals surface area contributed by atoms with Crippen LogP contribution in [0.1, 0.15) is 27.8 Å². The fourth-order valence-electron chi connectivity index (χ4n) is 4.95. The zero-order valence-electron chi connectivity index (χ0n) is 23.9. The summed E-state index contributed by atoms with van der Waals surface area (Å²) >= 11 is 6.52. The Balaban J connectivity index is 1.38. The smallest absolute Gasteiger partial charge is 0.228 e. The van der Waals surface area contributed by atoms with Crippen molar-refractivity contribution in [2.24, 2.45) is 0 Å². The van der Waals surface area contributed by atoms with Crippen molar-refractivity contribution in [1.82, 2.24) is 15.6 Å². The van der Waals surface area contributed by atoms with Crippen molar-refractivity contribution >= 4 is 22.7 Å². The third kappa shape index (κ3) is 7.23. The Bertz CT molecular complexity index is 1760. The molecule has 1 aromatic heterocycles. The van der Waals surface area contributed by atoms with Gasteiger partial charge in [0.2, 0.25) is 5.89 Å². The molecule has 220 valence electrons. The van der Waals surface area contributed by atoms with Gasteiger partial charge < -0.3 is 30.0 Å². The molecule has 0 aliphatic heterocycles. The van der Waals surface area contributed by atoms with Gasteiger partial charge in [-0.25, -0.2) is 4.98 Å². The first-order chi connectivity index (χ1) is 21.0. The minimum absolute atomic E-state index is 0.0461. The number of aromatic nitrogens is 1. The first-order valence-electron chi connectivity index (χ1n) is 14.1. The van der Waals surface area contributed by atoms with Crippen molar-refractivity contribution in [2.45, 2.75) is 26.6 Å². The molecule has 0 amide bonds. The topological polar surface area (TPSA) is 124 Å². The lowest BCUT2D eigenvalue weighted by Gasteiger charge is -2.13. The van der Waals surface area contributed by atoms with Crippen LogP contribution in [0.25, 0.3) is 33.7 Å². The highest BCUT2D eigenvalue weighted by molar-refractivity contribution is 6.35. The van der Waals surface area contributed by atoms with E-state index in [0.29, 0.717) is 65.9 Å². The molecule has 0 unspecified atom stereocenters. The summed E-state index contributed by atoms with van der Waals surface area (Å²) in [6.07, 6.45) is 0. The fourth-order valence-corrected chi connectivity index (χ4v) is 5.22. The van der Waals surface area contributed by atoms with Gasteiger partial charge in [-0.1, -0.05) is 54.1 Å². The molecule has 4 N–H and O–H groups in total. The first kappa shape index (κ1) is 30.2. The molecule has 4 aromatic carbocycles. The number of nitriles is 1. The van der Waals surface area contributed by atoms with E-state index in [4.69, 9.17) is 31.0 Å². The molecular formula is C34H33ClN4O4. The van der Waals surface area contributed by atoms with Crippen molar-refractivity contribution in [3.8, 4) is 34.4 Å². The summed E-state index contributed by atoms with van der Waals surface area (Å²) in [5.41, 5.74) is 7.77. The molecule has 9 heteroatoms. The number of aliphatic hydroxyl groups is 2. The Labute approximate surface area is 255 Å². The Morgan fingerprint density at radius 3 is 2.37 bits per heavy atom. The SMILES string of the molecule is Cc1cc(CNCCO)ccc1OCc1cccc(-c2cccc(-c3nc4c(Cl)cc(CNCCO)cc4o3)c2C#N)c1. The highest BCUT2D eigenvalue weighted by Crippen LogP contribution is 2.35. The molecule has 0 aliphatic carbocycles. The second kappa shape index (κ2) is 14.3. The Morgan fingerprint density at radius 1 is 0.884 bits per heavy atom. The van der Waals surface area contributed by atoms with E-state index in [1.54, 1.807) is 0 Å². The number of benzene rings is 4. The zero-order chi connectivity index (χ0) is 30.2. The number of hydrogen-bond acceptors (Lipinski definition) is 8. The van der Waals surface area contributed by atoms with Crippen LogP contribution in [-0.2, 0) is 19.7 Å². The van der Waals surface area contributed by atoms with Crippen molar-refractivity contribution in [3.05, 3.63) is 106 Å². The van der Waals surface area contributed by atoms with Crippen LogP contribution in [0.15, 0.2) is 77.2 Å². The van der Waals surface area contributed by atoms with Gasteiger partial charge in [-0.3, -0.25) is 0 Å². The van der Waals surface area contributed by atoms with Gasteiger partial charge in [-0.2, -0.15) is 5.26 Å². The van der Waals surface area contributed by atoms with E-state index in [1.165, 1.54) is 0 Å². The number of oxazole rings is 1. The van der Waals surface area contributed by atoms with E-state index < -0.39 is 0 Å². The van der Waals surface area contributed by atoms with Crippen LogP contribution in [0, 0.1) is 18.3 Å². The number of aliphatic hydroxyl groups excluding tert-OH is 2. The molecule has 1 heterocycles. The molecule has 0 saturated heterocycles. The Morgan fingerprint density at radius 2 is 1.63 bits per heavy atom. The molecule has 5 rings (SSSR count). The number of fused-ring (bicyclic) bond motifs is 1. The molecule has 0 fully saturated rings. The second-order valence-corrected chi connectivity index (χ2v) is 10.6. The quantitative estimate of drug-likeness (QED) is 0.127. The molecule has 0 radical (unpaired) electrons. The Kier molecular flexibility index (Phi) is 10.1. The van der Waals surface area contributed by atoms with E-state index in [2.05, 4.69) is 27.8 Å². The molecule has 0 bridgehead atoms. The largest absolute Gasteiger partial charge is 0.489 e. The molecule has 43 heavy (non-hydrogen) atoms. The second-order valence-electron chi connectivity index (χ2n) is 10.2. The van der Waals surface area contributed by atoms with Gasteiger partial charge in [0.15, 0.2) is 5.58 Å². The number of aryl methyl sites for hydroxylation is 1. The normalized spacial score (nSPS) is 11.1. The minimum atomic E-state index is 0.0461. The maximum absolute atomic E-state index is 10.2. The van der Waals surface area contributed by atoms with Gasteiger partial charge in [0.05, 0.1) is 29.4 Å². The zero-order valence-corrected chi connectivity index (χ0v) is 24.6. The molecule has 0 saturated carbocycles. The molecule has 5 aromatic rings. The number of nitrogens with zero attached hydrogens (tertiary/aromatic N) is 2. The van der Waals surface area contributed by atoms with Crippen molar-refractivity contribution in [2.75, 3.05) is 26.3 Å². The summed E-state index contributed by atoms with van der Waals surface area (Å²) in [4.78, 5) is 4.63. The van der Waals surface area contributed by atoms with Crippen LogP contribution in [0.4, 0.5) is 0 Å². The predicted octanol–water partition coefficient (Wildman–Crippen LogP) is 5.74. The van der Waals surface area contributed by atoms with Crippen LogP contribution < -0.4 is 15.4 Å². The lowest BCUT2D eigenvalue weighted by atomic mass is 9.95. The summed E-state index contributed by atoms with van der Waals surface area (Å²) in [5.74, 6) is 1.12. The molecule has 0 spiro atoms. The first-order valence-corrected chi connectivity index (χ1v) is 14.5. The molecular weight excluding hydrogens is 564 g/mol. The van der Waals surface area contributed by atoms with E-state index in [0.717, 1.165) is 39.1 Å². The maximum Gasteiger partial charge on any atom is 0.228 e. The van der Waals surface area contributed by atoms with Gasteiger partial charge in [0, 0.05) is 31.7 Å². The van der Waals surface area contributed by atoms with Crippen LogP contribution in [0.5, 0.6) is 5.75 Å². The highest BCUT2D eigenvalue weighted by atomic mass is 35.5. The number of hydrogen-bond donors (Lipinski definition) is 4. The summed E-state index contributed by atoms with van der Waals surface area (Å²) in [6, 6.07) is 25.7. The Hall–Kier alpha value is -4.23. The van der Waals surface area contributed by atoms with Crippen LogP contribution in [-0.4, -0.2) is 41.5 Å². The van der Waals surface area contributed by atoms with E-state index in [-0.39, 0.29) is 13.2 Å². The maximum atomic E-state index is 10.2. The van der Waals surface area contributed by atoms with Crippen molar-refractivity contribution < 1.29 is 19.4 Å². The third-order valence-electron chi connectivity index (χ3n) is 7.02. The van der Waals surface area contributed by atoms with Gasteiger partial charge in [-0.05, 0) is 65.1 Å². The van der Waals surface area contributed by atoms with Gasteiger partial charge >= 0.3 is 0 Å². The predicted molar refractivity (Wildman–Crippen MR) is 168 cm³/mol. The molecule has 8 nitrogen and oxygen atoms in total. The average Bonchev–Trinajstić information content (AvgIpc) is 3.45. The lowest BCUT2D eigenvalue weighted by Crippen LogP contribution is -2.17. The third-order valence-corrected chi connectivity index (χ3v) is 7.31. The van der Waals surface area contributed by atoms with Crippen molar-refractivity contribution in [3.63, 3.8) is 0 Å². The number of nitrogens with one attached hydrogen (secondary N) is 2. The van der Waals surface area contributed by atoms with Crippen LogP contribution >= 0.6 is 11.6 Å². The monoisotopic (exact) mass is 596 g/mol. The summed E-state index contributed by atoms with van der Waals surface area (Å²) in [6.45, 7) is 4.78. The lowest BCUT2D eigenvalue weighted by molar-refractivity contribution is 0.291. The van der Waals surface area contributed by atoms with E-state index >= 15 is 0 Å². The number of halogens is 1. The summed E-state index contributed by atoms with van der Waals surface area (Å²) in [5, 5.41) is 35.0. The number of ether oxygens (including phenoxy) is 1. The van der Waals surface area contributed by atoms with Gasteiger partial charge in [-0.15, -0.1) is 0 Å². The van der Waals surface area contributed by atoms with Crippen LogP contribution in [0.2, 0.25) is 5.02 Å². The van der Waals surface area contributed by atoms with E-state index in [1.807, 2.05) is 73.7 Å².